The fourth-order valence-electron chi connectivity index (χ4n) is 2.04. The third-order valence-electron chi connectivity index (χ3n) is 3.28. The van der Waals surface area contributed by atoms with Gasteiger partial charge in [-0.25, -0.2) is 9.82 Å². The molecule has 8 heteroatoms. The number of hydrazone groups is 1. The lowest BCUT2D eigenvalue weighted by Crippen LogP contribution is -2.24. The Morgan fingerprint density at radius 2 is 1.81 bits per heavy atom. The average Bonchev–Trinajstić information content (AvgIpc) is 2.63. The molecule has 26 heavy (non-hydrogen) atoms. The van der Waals surface area contributed by atoms with Crippen LogP contribution in [0.4, 0.5) is 10.1 Å². The van der Waals surface area contributed by atoms with Crippen molar-refractivity contribution in [2.45, 2.75) is 6.42 Å². The van der Waals surface area contributed by atoms with Crippen LogP contribution in [0.15, 0.2) is 47.6 Å². The van der Waals surface area contributed by atoms with Crippen LogP contribution in [-0.4, -0.2) is 32.2 Å². The van der Waals surface area contributed by atoms with Gasteiger partial charge in [0, 0.05) is 11.3 Å². The normalized spacial score (nSPS) is 10.4. The Bertz CT molecular complexity index is 807. The number of nitrogens with one attached hydrogen (secondary N) is 2. The highest BCUT2D eigenvalue weighted by Gasteiger charge is 2.09. The lowest BCUT2D eigenvalue weighted by Gasteiger charge is -2.07. The number of ether oxygens (including phenoxy) is 2. The third-order valence-corrected chi connectivity index (χ3v) is 3.28. The van der Waals surface area contributed by atoms with Crippen molar-refractivity contribution in [2.24, 2.45) is 5.10 Å². The van der Waals surface area contributed by atoms with Gasteiger partial charge in [0.15, 0.2) is 0 Å². The predicted molar refractivity (Wildman–Crippen MR) is 94.9 cm³/mol. The van der Waals surface area contributed by atoms with E-state index in [0.717, 1.165) is 0 Å². The molecule has 2 N–H and O–H groups in total. The summed E-state index contributed by atoms with van der Waals surface area (Å²) in [5.74, 6) is -0.385. The molecule has 0 saturated heterocycles. The van der Waals surface area contributed by atoms with Gasteiger partial charge in [0.05, 0.1) is 20.4 Å². The van der Waals surface area contributed by atoms with Gasteiger partial charge in [0.2, 0.25) is 11.8 Å². The number of anilines is 1. The summed E-state index contributed by atoms with van der Waals surface area (Å²) >= 11 is 0. The van der Waals surface area contributed by atoms with Gasteiger partial charge >= 0.3 is 0 Å². The Morgan fingerprint density at radius 1 is 1.08 bits per heavy atom. The van der Waals surface area contributed by atoms with Crippen LogP contribution in [0, 0.1) is 5.82 Å². The van der Waals surface area contributed by atoms with E-state index >= 15 is 0 Å². The van der Waals surface area contributed by atoms with Crippen molar-refractivity contribution < 1.29 is 23.5 Å². The number of hydrogen-bond acceptors (Lipinski definition) is 5. The zero-order valence-electron chi connectivity index (χ0n) is 14.3. The van der Waals surface area contributed by atoms with Gasteiger partial charge in [0.1, 0.15) is 23.7 Å². The summed E-state index contributed by atoms with van der Waals surface area (Å²) in [6.45, 7) is 0. The van der Waals surface area contributed by atoms with E-state index in [4.69, 9.17) is 9.47 Å². The zero-order valence-corrected chi connectivity index (χ0v) is 14.3. The van der Waals surface area contributed by atoms with Crippen molar-refractivity contribution in [2.75, 3.05) is 19.5 Å². The minimum atomic E-state index is -0.595. The van der Waals surface area contributed by atoms with Crippen molar-refractivity contribution in [3.63, 3.8) is 0 Å². The standard InChI is InChI=1S/C18H18FN3O4/c1-25-15-7-8-16(26-2)12(9-15)11-20-22-18(24)10-17(23)21-14-5-3-13(19)4-6-14/h3-9,11H,10H2,1-2H3,(H,21,23)(H,22,24). The SMILES string of the molecule is COc1ccc(OC)c(C=NNC(=O)CC(=O)Nc2ccc(F)cc2)c1. The van der Waals surface area contributed by atoms with Crippen LogP contribution in [0.1, 0.15) is 12.0 Å². The maximum atomic E-state index is 12.8. The molecule has 0 fully saturated rings. The van der Waals surface area contributed by atoms with Gasteiger partial charge in [-0.05, 0) is 42.5 Å². The Labute approximate surface area is 149 Å². The monoisotopic (exact) mass is 359 g/mol. The fourth-order valence-corrected chi connectivity index (χ4v) is 2.04. The number of carbonyl (C=O) groups is 2. The van der Waals surface area contributed by atoms with E-state index < -0.39 is 24.1 Å². The molecule has 7 nitrogen and oxygen atoms in total. The molecule has 0 atom stereocenters. The lowest BCUT2D eigenvalue weighted by molar-refractivity contribution is -0.126. The van der Waals surface area contributed by atoms with Gasteiger partial charge in [-0.1, -0.05) is 0 Å². The first-order valence-corrected chi connectivity index (χ1v) is 7.61. The number of benzene rings is 2. The molecule has 0 spiro atoms. The molecule has 0 heterocycles. The van der Waals surface area contributed by atoms with E-state index in [1.165, 1.54) is 44.7 Å². The topological polar surface area (TPSA) is 89.0 Å². The van der Waals surface area contributed by atoms with E-state index in [-0.39, 0.29) is 0 Å². The van der Waals surface area contributed by atoms with Crippen molar-refractivity contribution >= 4 is 23.7 Å². The summed E-state index contributed by atoms with van der Waals surface area (Å²) in [6, 6.07) is 10.3. The molecule has 0 unspecified atom stereocenters. The van der Waals surface area contributed by atoms with Crippen LogP contribution in [0.5, 0.6) is 11.5 Å². The minimum absolute atomic E-state index is 0.397. The molecule has 2 amide bonds. The first-order valence-electron chi connectivity index (χ1n) is 7.61. The second-order valence-corrected chi connectivity index (χ2v) is 5.13. The van der Waals surface area contributed by atoms with Gasteiger partial charge in [0.25, 0.3) is 0 Å². The maximum Gasteiger partial charge on any atom is 0.249 e. The summed E-state index contributed by atoms with van der Waals surface area (Å²) in [4.78, 5) is 23.5. The van der Waals surface area contributed by atoms with E-state index in [1.807, 2.05) is 0 Å². The van der Waals surface area contributed by atoms with Crippen LogP contribution in [0.2, 0.25) is 0 Å². The van der Waals surface area contributed by atoms with E-state index in [0.29, 0.717) is 22.7 Å². The van der Waals surface area contributed by atoms with Crippen LogP contribution in [0.3, 0.4) is 0 Å². The summed E-state index contributed by atoms with van der Waals surface area (Å²) < 4.78 is 23.1. The molecular formula is C18H18FN3O4. The summed E-state index contributed by atoms with van der Waals surface area (Å²) in [5.41, 5.74) is 3.26. The molecule has 0 aliphatic carbocycles. The molecule has 2 aromatic carbocycles. The van der Waals surface area contributed by atoms with Crippen LogP contribution in [-0.2, 0) is 9.59 Å². The van der Waals surface area contributed by atoms with Gasteiger partial charge < -0.3 is 14.8 Å². The predicted octanol–water partition coefficient (Wildman–Crippen LogP) is 2.32. The van der Waals surface area contributed by atoms with Gasteiger partial charge in [-0.15, -0.1) is 0 Å². The quantitative estimate of drug-likeness (QED) is 0.451. The second-order valence-electron chi connectivity index (χ2n) is 5.13. The number of nitrogens with zero attached hydrogens (tertiary/aromatic N) is 1. The number of rotatable bonds is 7. The van der Waals surface area contributed by atoms with E-state index in [9.17, 15) is 14.0 Å². The number of carbonyl (C=O) groups excluding carboxylic acids is 2. The van der Waals surface area contributed by atoms with Crippen molar-refractivity contribution in [3.05, 3.63) is 53.8 Å². The van der Waals surface area contributed by atoms with Crippen molar-refractivity contribution in [1.29, 1.82) is 0 Å². The molecule has 2 aromatic rings. The van der Waals surface area contributed by atoms with E-state index in [1.54, 1.807) is 18.2 Å². The molecule has 0 aliphatic heterocycles. The van der Waals surface area contributed by atoms with Crippen molar-refractivity contribution in [1.82, 2.24) is 5.43 Å². The molecule has 2 rings (SSSR count). The Hall–Kier alpha value is -3.42. The smallest absolute Gasteiger partial charge is 0.249 e. The second kappa shape index (κ2) is 9.16. The fraction of sp³-hybridized carbons (Fsp3) is 0.167. The summed E-state index contributed by atoms with van der Waals surface area (Å²) in [7, 11) is 3.04. The highest BCUT2D eigenvalue weighted by atomic mass is 19.1. The van der Waals surface area contributed by atoms with Crippen LogP contribution in [0.25, 0.3) is 0 Å². The Kier molecular flexibility index (Phi) is 6.67. The van der Waals surface area contributed by atoms with Gasteiger partial charge in [-0.2, -0.15) is 5.10 Å². The largest absolute Gasteiger partial charge is 0.497 e. The maximum absolute atomic E-state index is 12.8. The highest BCUT2D eigenvalue weighted by molar-refractivity contribution is 6.03. The highest BCUT2D eigenvalue weighted by Crippen LogP contribution is 2.22. The molecule has 0 aromatic heterocycles. The molecule has 0 bridgehead atoms. The van der Waals surface area contributed by atoms with Crippen LogP contribution >= 0.6 is 0 Å². The van der Waals surface area contributed by atoms with Crippen molar-refractivity contribution in [3.8, 4) is 11.5 Å². The Balaban J connectivity index is 1.89. The minimum Gasteiger partial charge on any atom is -0.497 e. The average molecular weight is 359 g/mol. The molecular weight excluding hydrogens is 341 g/mol. The molecule has 0 radical (unpaired) electrons. The number of halogens is 1. The lowest BCUT2D eigenvalue weighted by atomic mass is 10.2. The summed E-state index contributed by atoms with van der Waals surface area (Å²) in [5, 5.41) is 6.29. The first-order chi connectivity index (χ1) is 12.5. The third kappa shape index (κ3) is 5.59. The Morgan fingerprint density at radius 3 is 2.46 bits per heavy atom. The van der Waals surface area contributed by atoms with E-state index in [2.05, 4.69) is 15.8 Å². The zero-order chi connectivity index (χ0) is 18.9. The molecule has 0 saturated carbocycles. The first kappa shape index (κ1) is 18.9. The molecule has 136 valence electrons. The number of amides is 2. The number of hydrogen-bond donors (Lipinski definition) is 2. The number of methoxy groups -OCH3 is 2. The summed E-state index contributed by atoms with van der Waals surface area (Å²) in [6.07, 6.45) is 0.959. The van der Waals surface area contributed by atoms with Gasteiger partial charge in [-0.3, -0.25) is 9.59 Å². The van der Waals surface area contributed by atoms with Crippen LogP contribution < -0.4 is 20.2 Å². The molecule has 0 aliphatic rings.